The van der Waals surface area contributed by atoms with Crippen molar-refractivity contribution in [3.63, 3.8) is 0 Å². The van der Waals surface area contributed by atoms with E-state index in [2.05, 4.69) is 9.97 Å². The molecule has 2 aromatic carbocycles. The number of hydrogen-bond acceptors (Lipinski definition) is 6. The van der Waals surface area contributed by atoms with Crippen LogP contribution in [0.5, 0.6) is 17.2 Å². The Hall–Kier alpha value is -3.69. The predicted molar refractivity (Wildman–Crippen MR) is 119 cm³/mol. The Balaban J connectivity index is 0.000000913. The number of fused-ring (bicyclic) bond motifs is 1. The summed E-state index contributed by atoms with van der Waals surface area (Å²) in [4.78, 5) is 18.5. The molecule has 164 valence electrons. The normalized spacial score (nSPS) is 10.2. The van der Waals surface area contributed by atoms with Crippen molar-refractivity contribution in [3.8, 4) is 17.2 Å². The van der Waals surface area contributed by atoms with Gasteiger partial charge in [0.15, 0.2) is 0 Å². The first-order valence-electron chi connectivity index (χ1n) is 9.20. The Labute approximate surface area is 191 Å². The number of halogens is 1. The zero-order valence-corrected chi connectivity index (χ0v) is 18.3. The smallest absolute Gasteiger partial charge is 0.352 e. The molecule has 2 N–H and O–H groups in total. The highest BCUT2D eigenvalue weighted by Crippen LogP contribution is 2.34. The maximum absolute atomic E-state index is 11.4. The van der Waals surface area contributed by atoms with E-state index in [9.17, 15) is 9.90 Å². The largest absolute Gasteiger partial charge is 0.485 e. The number of carbonyl (C=O) groups is 1. The van der Waals surface area contributed by atoms with Gasteiger partial charge in [0.1, 0.15) is 34.7 Å². The number of ether oxygens (including phenoxy) is 2. The van der Waals surface area contributed by atoms with Crippen molar-refractivity contribution in [3.05, 3.63) is 82.8 Å². The second-order valence-electron chi connectivity index (χ2n) is 6.60. The third kappa shape index (κ3) is 5.93. The zero-order valence-electron chi connectivity index (χ0n) is 16.7. The van der Waals surface area contributed by atoms with Gasteiger partial charge in [-0.25, -0.2) is 9.78 Å². The Kier molecular flexibility index (Phi) is 7.58. The molecule has 4 rings (SSSR count). The van der Waals surface area contributed by atoms with E-state index < -0.39 is 17.5 Å². The molecule has 4 aromatic rings. The monoisotopic (exact) mass is 472 g/mol. The minimum Gasteiger partial charge on any atom is -0.485 e. The van der Waals surface area contributed by atoms with Crippen LogP contribution in [0.15, 0.2) is 60.7 Å². The van der Waals surface area contributed by atoms with Gasteiger partial charge in [-0.15, -0.1) is 0 Å². The number of carboxylic acids is 1. The highest BCUT2D eigenvalue weighted by atomic mass is 35.5. The topological polar surface area (TPSA) is 119 Å². The fourth-order valence-corrected chi connectivity index (χ4v) is 3.08. The van der Waals surface area contributed by atoms with Crippen LogP contribution in [-0.4, -0.2) is 29.5 Å². The second kappa shape index (κ2) is 10.6. The number of benzene rings is 2. The Morgan fingerprint density at radius 2 is 1.81 bits per heavy atom. The maximum atomic E-state index is 11.4. The Bertz CT molecular complexity index is 1280. The summed E-state index contributed by atoms with van der Waals surface area (Å²) in [6.45, 7) is 2.17. The molecule has 0 bridgehead atoms. The van der Waals surface area contributed by atoms with Crippen molar-refractivity contribution in [2.45, 2.75) is 13.5 Å². The molecule has 0 saturated heterocycles. The fourth-order valence-electron chi connectivity index (χ4n) is 2.90. The van der Waals surface area contributed by atoms with Crippen LogP contribution in [0.3, 0.4) is 0 Å². The van der Waals surface area contributed by atoms with Gasteiger partial charge in [0, 0.05) is 11.5 Å². The van der Waals surface area contributed by atoms with Gasteiger partial charge in [0.25, 0.3) is 0 Å². The Morgan fingerprint density at radius 1 is 1.09 bits per heavy atom. The Morgan fingerprint density at radius 3 is 2.47 bits per heavy atom. The van der Waals surface area contributed by atoms with Crippen molar-refractivity contribution in [1.82, 2.24) is 9.97 Å². The van der Waals surface area contributed by atoms with Crippen LogP contribution in [0, 0.1) is 6.92 Å². The number of nitrogens with one attached hydrogen (secondary N) is 1. The summed E-state index contributed by atoms with van der Waals surface area (Å²) in [5.41, 5.74) is 2.42. The first kappa shape index (κ1) is 23.0. The molecule has 0 atom stereocenters. The number of aryl methyl sites for hydroxylation is 1. The molecule has 0 unspecified atom stereocenters. The minimum atomic E-state index is -1.05. The van der Waals surface area contributed by atoms with Gasteiger partial charge in [0.05, 0.1) is 11.2 Å². The molecule has 0 fully saturated rings. The standard InChI is InChI=1S/C22H17ClN2O4.O2S/c1-13-5-7-16(8-6-13)29-17-9-14-10-18(22(26)27)25-21(14)19(11-17)28-12-15-3-2-4-20(23)24-15;1-3-2/h2-11,25H,12H2,1H3,(H,26,27);. The number of carboxylic acid groups (broad SMARTS) is 1. The molecule has 32 heavy (non-hydrogen) atoms. The van der Waals surface area contributed by atoms with Crippen LogP contribution in [0.4, 0.5) is 0 Å². The molecular weight excluding hydrogens is 456 g/mol. The molecule has 0 aliphatic rings. The van der Waals surface area contributed by atoms with Gasteiger partial charge < -0.3 is 19.6 Å². The quantitative estimate of drug-likeness (QED) is 0.382. The van der Waals surface area contributed by atoms with Gasteiger partial charge in [-0.1, -0.05) is 35.4 Å². The summed E-state index contributed by atoms with van der Waals surface area (Å²) in [6.07, 6.45) is 0. The first-order chi connectivity index (χ1) is 15.4. The second-order valence-corrected chi connectivity index (χ2v) is 7.12. The summed E-state index contributed by atoms with van der Waals surface area (Å²) in [6, 6.07) is 17.9. The lowest BCUT2D eigenvalue weighted by atomic mass is 10.2. The molecule has 0 saturated carbocycles. The minimum absolute atomic E-state index is 0.0678. The van der Waals surface area contributed by atoms with Crippen LogP contribution < -0.4 is 9.47 Å². The van der Waals surface area contributed by atoms with Crippen molar-refractivity contribution in [2.75, 3.05) is 0 Å². The van der Waals surface area contributed by atoms with Crippen molar-refractivity contribution in [1.29, 1.82) is 0 Å². The van der Waals surface area contributed by atoms with Gasteiger partial charge in [-0.2, -0.15) is 8.42 Å². The van der Waals surface area contributed by atoms with Gasteiger partial charge in [0.2, 0.25) is 0 Å². The fraction of sp³-hybridized carbons (Fsp3) is 0.0909. The number of aromatic amines is 1. The molecule has 0 aliphatic heterocycles. The number of nitrogens with zero attached hydrogens (tertiary/aromatic N) is 1. The van der Waals surface area contributed by atoms with Crippen molar-refractivity contribution < 1.29 is 27.8 Å². The van der Waals surface area contributed by atoms with Crippen LogP contribution in [0.1, 0.15) is 21.7 Å². The third-order valence-electron chi connectivity index (χ3n) is 4.30. The van der Waals surface area contributed by atoms with E-state index in [1.54, 1.807) is 36.4 Å². The number of hydrogen-bond donors (Lipinski definition) is 2. The average Bonchev–Trinajstić information content (AvgIpc) is 3.19. The molecule has 10 heteroatoms. The highest BCUT2D eigenvalue weighted by molar-refractivity contribution is 7.51. The number of aromatic nitrogens is 2. The SMILES string of the molecule is Cc1ccc(Oc2cc(OCc3cccc(Cl)n3)c3[nH]c(C(=O)O)cc3c2)cc1.O=S=O. The van der Waals surface area contributed by atoms with E-state index in [1.165, 1.54) is 0 Å². The molecule has 8 nitrogen and oxygen atoms in total. The summed E-state index contributed by atoms with van der Waals surface area (Å²) in [5, 5.41) is 10.4. The van der Waals surface area contributed by atoms with E-state index in [-0.39, 0.29) is 12.3 Å². The molecule has 0 spiro atoms. The molecule has 2 heterocycles. The number of aromatic carboxylic acids is 1. The predicted octanol–water partition coefficient (Wildman–Crippen LogP) is 4.92. The van der Waals surface area contributed by atoms with Crippen molar-refractivity contribution >= 4 is 40.0 Å². The van der Waals surface area contributed by atoms with E-state index in [1.807, 2.05) is 31.2 Å². The number of H-pyrrole nitrogens is 1. The zero-order chi connectivity index (χ0) is 23.1. The highest BCUT2D eigenvalue weighted by Gasteiger charge is 2.14. The summed E-state index contributed by atoms with van der Waals surface area (Å²) in [7, 11) is 0. The number of rotatable bonds is 6. The maximum Gasteiger partial charge on any atom is 0.352 e. The first-order valence-corrected chi connectivity index (χ1v) is 10.2. The third-order valence-corrected chi connectivity index (χ3v) is 4.51. The lowest BCUT2D eigenvalue weighted by Gasteiger charge is -2.11. The van der Waals surface area contributed by atoms with Gasteiger partial charge >= 0.3 is 17.5 Å². The van der Waals surface area contributed by atoms with E-state index >= 15 is 0 Å². The van der Waals surface area contributed by atoms with E-state index in [4.69, 9.17) is 29.5 Å². The van der Waals surface area contributed by atoms with Crippen LogP contribution >= 0.6 is 11.6 Å². The molecule has 0 aliphatic carbocycles. The molecule has 0 amide bonds. The average molecular weight is 473 g/mol. The van der Waals surface area contributed by atoms with Crippen LogP contribution in [0.25, 0.3) is 10.9 Å². The lowest BCUT2D eigenvalue weighted by molar-refractivity contribution is 0.0691. The van der Waals surface area contributed by atoms with Gasteiger partial charge in [-0.05, 0) is 43.3 Å². The summed E-state index contributed by atoms with van der Waals surface area (Å²) in [5.74, 6) is 0.612. The summed E-state index contributed by atoms with van der Waals surface area (Å²) < 4.78 is 28.5. The lowest BCUT2D eigenvalue weighted by Crippen LogP contribution is -1.99. The summed E-state index contributed by atoms with van der Waals surface area (Å²) >= 11 is 5.18. The molecule has 0 radical (unpaired) electrons. The van der Waals surface area contributed by atoms with E-state index in [0.717, 1.165) is 5.56 Å². The molecule has 2 aromatic heterocycles. The van der Waals surface area contributed by atoms with Gasteiger partial charge in [-0.3, -0.25) is 0 Å². The van der Waals surface area contributed by atoms with Crippen molar-refractivity contribution in [2.24, 2.45) is 0 Å². The van der Waals surface area contributed by atoms with Crippen LogP contribution in [-0.2, 0) is 18.2 Å². The number of pyridine rings is 1. The van der Waals surface area contributed by atoms with E-state index in [0.29, 0.717) is 39.0 Å². The molecular formula is C22H17ClN2O6S. The van der Waals surface area contributed by atoms with Crippen LogP contribution in [0.2, 0.25) is 5.15 Å².